The van der Waals surface area contributed by atoms with Gasteiger partial charge < -0.3 is 5.32 Å². The maximum Gasteiger partial charge on any atom is 0.271 e. The molecule has 0 fully saturated rings. The normalized spacial score (nSPS) is 15.5. The molecule has 22 heavy (non-hydrogen) atoms. The number of nitro groups is 1. The predicted molar refractivity (Wildman–Crippen MR) is 83.9 cm³/mol. The average Bonchev–Trinajstić information content (AvgIpc) is 2.55. The molecule has 1 aliphatic rings. The van der Waals surface area contributed by atoms with Gasteiger partial charge >= 0.3 is 0 Å². The predicted octanol–water partition coefficient (Wildman–Crippen LogP) is 3.72. The Morgan fingerprint density at radius 2 is 1.91 bits per heavy atom. The molecular weight excluding hydrogens is 280 g/mol. The highest BCUT2D eigenvalue weighted by Gasteiger charge is 2.21. The summed E-state index contributed by atoms with van der Waals surface area (Å²) >= 11 is 0. The van der Waals surface area contributed by atoms with Gasteiger partial charge in [-0.2, -0.15) is 0 Å². The van der Waals surface area contributed by atoms with Crippen LogP contribution in [0.2, 0.25) is 0 Å². The number of non-ortho nitro benzene ring substituents is 1. The molecule has 0 heterocycles. The minimum atomic E-state index is -0.444. The zero-order valence-electron chi connectivity index (χ0n) is 11.8. The van der Waals surface area contributed by atoms with Crippen LogP contribution in [0, 0.1) is 10.1 Å². The van der Waals surface area contributed by atoms with Crippen molar-refractivity contribution >= 4 is 17.2 Å². The number of aryl methyl sites for hydroxylation is 1. The van der Waals surface area contributed by atoms with Crippen molar-refractivity contribution in [1.82, 2.24) is 0 Å². The summed E-state index contributed by atoms with van der Waals surface area (Å²) in [7, 11) is 0. The summed E-state index contributed by atoms with van der Waals surface area (Å²) in [5, 5.41) is 13.7. The first-order valence-corrected chi connectivity index (χ1v) is 6.98. The number of benzene rings is 2. The number of nitrogens with zero attached hydrogens (tertiary/aromatic N) is 1. The summed E-state index contributed by atoms with van der Waals surface area (Å²) in [6, 6.07) is 13.8. The van der Waals surface area contributed by atoms with E-state index in [2.05, 4.69) is 5.32 Å². The van der Waals surface area contributed by atoms with E-state index in [1.54, 1.807) is 18.3 Å². The third-order valence-corrected chi connectivity index (χ3v) is 3.69. The number of nitro benzene ring substituents is 1. The van der Waals surface area contributed by atoms with Gasteiger partial charge in [-0.15, -0.1) is 0 Å². The molecule has 0 unspecified atom stereocenters. The Morgan fingerprint density at radius 3 is 2.73 bits per heavy atom. The average molecular weight is 294 g/mol. The number of fused-ring (bicyclic) bond motifs is 1. The molecule has 0 spiro atoms. The summed E-state index contributed by atoms with van der Waals surface area (Å²) in [6.45, 7) is 0. The standard InChI is InChI=1S/C17H14N2O3/c20-17-13(9-8-12-4-1-2-7-16(12)17)11-18-14-5-3-6-15(10-14)19(21)22/h1-7,10-11,18H,8-9H2/b13-11-. The summed E-state index contributed by atoms with van der Waals surface area (Å²) < 4.78 is 0. The molecule has 0 radical (unpaired) electrons. The van der Waals surface area contributed by atoms with E-state index in [1.165, 1.54) is 12.1 Å². The molecule has 0 amide bonds. The van der Waals surface area contributed by atoms with Crippen LogP contribution in [0.5, 0.6) is 0 Å². The third-order valence-electron chi connectivity index (χ3n) is 3.69. The fourth-order valence-electron chi connectivity index (χ4n) is 2.53. The van der Waals surface area contributed by atoms with Crippen molar-refractivity contribution in [2.45, 2.75) is 12.8 Å². The molecule has 110 valence electrons. The SMILES string of the molecule is O=C1/C(=C\Nc2cccc([N+](=O)[O-])c2)CCc2ccccc21. The van der Waals surface area contributed by atoms with Crippen LogP contribution in [-0.4, -0.2) is 10.7 Å². The molecule has 0 saturated heterocycles. The van der Waals surface area contributed by atoms with Crippen LogP contribution in [0.15, 0.2) is 60.3 Å². The largest absolute Gasteiger partial charge is 0.361 e. The maximum atomic E-state index is 12.4. The van der Waals surface area contributed by atoms with Crippen LogP contribution in [0.3, 0.4) is 0 Å². The fraction of sp³-hybridized carbons (Fsp3) is 0.118. The van der Waals surface area contributed by atoms with Crippen LogP contribution >= 0.6 is 0 Å². The molecule has 3 rings (SSSR count). The number of carbonyl (C=O) groups is 1. The van der Waals surface area contributed by atoms with Gasteiger partial charge in [-0.3, -0.25) is 14.9 Å². The lowest BCUT2D eigenvalue weighted by atomic mass is 9.87. The molecule has 0 bridgehead atoms. The minimum Gasteiger partial charge on any atom is -0.361 e. The van der Waals surface area contributed by atoms with E-state index in [4.69, 9.17) is 0 Å². The Morgan fingerprint density at radius 1 is 1.09 bits per heavy atom. The van der Waals surface area contributed by atoms with Crippen molar-refractivity contribution in [2.24, 2.45) is 0 Å². The van der Waals surface area contributed by atoms with E-state index in [0.717, 1.165) is 17.5 Å². The number of rotatable bonds is 3. The van der Waals surface area contributed by atoms with Crippen molar-refractivity contribution in [3.05, 3.63) is 81.5 Å². The minimum absolute atomic E-state index is 0.0137. The van der Waals surface area contributed by atoms with Crippen LogP contribution in [0.1, 0.15) is 22.3 Å². The van der Waals surface area contributed by atoms with Gasteiger partial charge in [-0.1, -0.05) is 30.3 Å². The van der Waals surface area contributed by atoms with Crippen LogP contribution < -0.4 is 5.32 Å². The van der Waals surface area contributed by atoms with Crippen molar-refractivity contribution in [3.8, 4) is 0 Å². The molecule has 0 aliphatic heterocycles. The Bertz CT molecular complexity index is 781. The number of nitrogens with one attached hydrogen (secondary N) is 1. The Balaban J connectivity index is 1.81. The number of carbonyl (C=O) groups excluding carboxylic acids is 1. The van der Waals surface area contributed by atoms with Crippen molar-refractivity contribution < 1.29 is 9.72 Å². The molecule has 0 aromatic heterocycles. The molecule has 1 N–H and O–H groups in total. The van der Waals surface area contributed by atoms with Crippen LogP contribution in [-0.2, 0) is 6.42 Å². The van der Waals surface area contributed by atoms with E-state index >= 15 is 0 Å². The van der Waals surface area contributed by atoms with Crippen molar-refractivity contribution in [2.75, 3.05) is 5.32 Å². The highest BCUT2D eigenvalue weighted by Crippen LogP contribution is 2.25. The number of anilines is 1. The van der Waals surface area contributed by atoms with E-state index in [0.29, 0.717) is 17.7 Å². The molecule has 5 nitrogen and oxygen atoms in total. The smallest absolute Gasteiger partial charge is 0.271 e. The lowest BCUT2D eigenvalue weighted by Crippen LogP contribution is -2.15. The number of allylic oxidation sites excluding steroid dienone is 1. The van der Waals surface area contributed by atoms with Gasteiger partial charge in [-0.05, 0) is 24.5 Å². The second-order valence-electron chi connectivity index (χ2n) is 5.11. The number of hydrogen-bond donors (Lipinski definition) is 1. The van der Waals surface area contributed by atoms with E-state index in [1.807, 2.05) is 24.3 Å². The second kappa shape index (κ2) is 5.81. The third kappa shape index (κ3) is 2.74. The number of Topliss-reactive ketones (excluding diaryl/α,β-unsaturated/α-hetero) is 1. The van der Waals surface area contributed by atoms with Gasteiger partial charge in [0, 0.05) is 35.2 Å². The number of ketones is 1. The molecule has 5 heteroatoms. The summed E-state index contributed by atoms with van der Waals surface area (Å²) in [5.74, 6) is 0.0137. The Hall–Kier alpha value is -2.95. The van der Waals surface area contributed by atoms with Gasteiger partial charge in [0.2, 0.25) is 0 Å². The van der Waals surface area contributed by atoms with Gasteiger partial charge in [0.25, 0.3) is 5.69 Å². The summed E-state index contributed by atoms with van der Waals surface area (Å²) in [5.41, 5.74) is 3.10. The van der Waals surface area contributed by atoms with E-state index < -0.39 is 4.92 Å². The van der Waals surface area contributed by atoms with Crippen LogP contribution in [0.25, 0.3) is 0 Å². The molecule has 0 atom stereocenters. The molecule has 2 aromatic rings. The number of hydrogen-bond acceptors (Lipinski definition) is 4. The summed E-state index contributed by atoms with van der Waals surface area (Å²) in [6.07, 6.45) is 3.14. The fourth-order valence-corrected chi connectivity index (χ4v) is 2.53. The topological polar surface area (TPSA) is 72.2 Å². The van der Waals surface area contributed by atoms with Gasteiger partial charge in [0.1, 0.15) is 0 Å². The quantitative estimate of drug-likeness (QED) is 0.532. The zero-order chi connectivity index (χ0) is 15.5. The maximum absolute atomic E-state index is 12.4. The molecule has 2 aromatic carbocycles. The van der Waals surface area contributed by atoms with Crippen molar-refractivity contribution in [1.29, 1.82) is 0 Å². The first-order valence-electron chi connectivity index (χ1n) is 6.98. The van der Waals surface area contributed by atoms with Gasteiger partial charge in [0.15, 0.2) is 5.78 Å². The molecule has 1 aliphatic carbocycles. The molecular formula is C17H14N2O3. The monoisotopic (exact) mass is 294 g/mol. The summed E-state index contributed by atoms with van der Waals surface area (Å²) in [4.78, 5) is 22.7. The molecule has 0 saturated carbocycles. The van der Waals surface area contributed by atoms with Gasteiger partial charge in [-0.25, -0.2) is 0 Å². The van der Waals surface area contributed by atoms with E-state index in [-0.39, 0.29) is 11.5 Å². The lowest BCUT2D eigenvalue weighted by molar-refractivity contribution is -0.384. The van der Waals surface area contributed by atoms with E-state index in [9.17, 15) is 14.9 Å². The van der Waals surface area contributed by atoms with Crippen molar-refractivity contribution in [3.63, 3.8) is 0 Å². The second-order valence-corrected chi connectivity index (χ2v) is 5.11. The lowest BCUT2D eigenvalue weighted by Gasteiger charge is -2.17. The highest BCUT2D eigenvalue weighted by atomic mass is 16.6. The first kappa shape index (κ1) is 14.0. The zero-order valence-corrected chi connectivity index (χ0v) is 11.8. The Labute approximate surface area is 127 Å². The highest BCUT2D eigenvalue weighted by molar-refractivity contribution is 6.10. The van der Waals surface area contributed by atoms with Gasteiger partial charge in [0.05, 0.1) is 4.92 Å². The Kier molecular flexibility index (Phi) is 3.70. The first-order chi connectivity index (χ1) is 10.6. The van der Waals surface area contributed by atoms with Crippen LogP contribution in [0.4, 0.5) is 11.4 Å².